The lowest BCUT2D eigenvalue weighted by Gasteiger charge is -2.30. The van der Waals surface area contributed by atoms with Crippen LogP contribution in [0.15, 0.2) is 34.9 Å². The van der Waals surface area contributed by atoms with Crippen molar-refractivity contribution in [3.63, 3.8) is 0 Å². The van der Waals surface area contributed by atoms with Crippen LogP contribution in [0.5, 0.6) is 0 Å². The molecule has 1 aliphatic heterocycles. The number of benzene rings is 1. The summed E-state index contributed by atoms with van der Waals surface area (Å²) in [5.74, 6) is -0.374. The molecule has 1 amide bonds. The summed E-state index contributed by atoms with van der Waals surface area (Å²) >= 11 is 0. The summed E-state index contributed by atoms with van der Waals surface area (Å²) in [5, 5.41) is 3.78. The van der Waals surface area contributed by atoms with Crippen LogP contribution < -0.4 is 0 Å². The zero-order valence-electron chi connectivity index (χ0n) is 14.5. The summed E-state index contributed by atoms with van der Waals surface area (Å²) in [5.41, 5.74) is 1.41. The molecule has 25 heavy (non-hydrogen) atoms. The van der Waals surface area contributed by atoms with E-state index < -0.39 is 12.1 Å². The van der Waals surface area contributed by atoms with Crippen molar-refractivity contribution in [2.45, 2.75) is 39.2 Å². The highest BCUT2D eigenvalue weighted by molar-refractivity contribution is 5.94. The van der Waals surface area contributed by atoms with Gasteiger partial charge in [-0.05, 0) is 33.1 Å². The molecule has 0 radical (unpaired) electrons. The molecular formula is C19H22N2O4. The summed E-state index contributed by atoms with van der Waals surface area (Å²) in [4.78, 5) is 27.4. The number of esters is 1. The standard InChI is InChI=1S/C19H22N2O4/c1-13-16(14(2)25-20-13)19(23)24-17(15-9-5-3-6-10-15)18(22)21-11-7-4-8-12-21/h3,5-6,9-10,17H,4,7-8,11-12H2,1-2H3. The fourth-order valence-corrected chi connectivity index (χ4v) is 3.11. The number of ether oxygens (including phenoxy) is 1. The summed E-state index contributed by atoms with van der Waals surface area (Å²) in [6.07, 6.45) is 2.12. The Morgan fingerprint density at radius 1 is 1.12 bits per heavy atom. The van der Waals surface area contributed by atoms with Crippen molar-refractivity contribution < 1.29 is 18.8 Å². The largest absolute Gasteiger partial charge is 0.444 e. The van der Waals surface area contributed by atoms with Gasteiger partial charge in [0.25, 0.3) is 5.91 Å². The Morgan fingerprint density at radius 2 is 1.80 bits per heavy atom. The number of carbonyl (C=O) groups excluding carboxylic acids is 2. The molecule has 1 atom stereocenters. The van der Waals surface area contributed by atoms with Crippen LogP contribution in [0, 0.1) is 13.8 Å². The minimum Gasteiger partial charge on any atom is -0.444 e. The number of nitrogens with zero attached hydrogens (tertiary/aromatic N) is 2. The van der Waals surface area contributed by atoms with Crippen LogP contribution in [0.25, 0.3) is 0 Å². The number of aromatic nitrogens is 1. The quantitative estimate of drug-likeness (QED) is 0.798. The van der Waals surface area contributed by atoms with E-state index in [1.807, 2.05) is 18.2 Å². The molecule has 1 aromatic heterocycles. The monoisotopic (exact) mass is 342 g/mol. The normalized spacial score (nSPS) is 15.7. The lowest BCUT2D eigenvalue weighted by atomic mass is 10.1. The van der Waals surface area contributed by atoms with Crippen molar-refractivity contribution in [3.05, 3.63) is 52.9 Å². The molecule has 6 nitrogen and oxygen atoms in total. The first kappa shape index (κ1) is 17.2. The Balaban J connectivity index is 1.86. The Hall–Kier alpha value is -2.63. The zero-order valence-corrected chi connectivity index (χ0v) is 14.5. The van der Waals surface area contributed by atoms with Crippen LogP contribution in [0.2, 0.25) is 0 Å². The predicted molar refractivity (Wildman–Crippen MR) is 91.0 cm³/mol. The fraction of sp³-hybridized carbons (Fsp3) is 0.421. The molecule has 3 rings (SSSR count). The topological polar surface area (TPSA) is 72.6 Å². The number of amides is 1. The van der Waals surface area contributed by atoms with Gasteiger partial charge in [0.05, 0.1) is 5.69 Å². The molecule has 0 N–H and O–H groups in total. The van der Waals surface area contributed by atoms with E-state index in [0.717, 1.165) is 19.3 Å². The van der Waals surface area contributed by atoms with E-state index >= 15 is 0 Å². The SMILES string of the molecule is Cc1noc(C)c1C(=O)OC(C(=O)N1CCCCC1)c1ccccc1. The van der Waals surface area contributed by atoms with Crippen molar-refractivity contribution >= 4 is 11.9 Å². The molecule has 2 aromatic rings. The first-order valence-electron chi connectivity index (χ1n) is 8.55. The summed E-state index contributed by atoms with van der Waals surface area (Å²) in [6, 6.07) is 9.12. The maximum absolute atomic E-state index is 13.0. The van der Waals surface area contributed by atoms with Gasteiger partial charge in [-0.2, -0.15) is 0 Å². The van der Waals surface area contributed by atoms with Crippen molar-refractivity contribution in [2.75, 3.05) is 13.1 Å². The highest BCUT2D eigenvalue weighted by atomic mass is 16.6. The molecule has 132 valence electrons. The lowest BCUT2D eigenvalue weighted by molar-refractivity contribution is -0.142. The molecular weight excluding hydrogens is 320 g/mol. The van der Waals surface area contributed by atoms with Crippen LogP contribution in [0.1, 0.15) is 52.7 Å². The van der Waals surface area contributed by atoms with E-state index in [9.17, 15) is 9.59 Å². The van der Waals surface area contributed by atoms with Gasteiger partial charge in [-0.1, -0.05) is 35.5 Å². The molecule has 1 aliphatic rings. The number of piperidine rings is 1. The number of carbonyl (C=O) groups is 2. The van der Waals surface area contributed by atoms with Crippen LogP contribution in [-0.4, -0.2) is 35.0 Å². The van der Waals surface area contributed by atoms with Crippen molar-refractivity contribution in [3.8, 4) is 0 Å². The molecule has 1 aromatic carbocycles. The third kappa shape index (κ3) is 3.73. The van der Waals surface area contributed by atoms with Gasteiger partial charge >= 0.3 is 5.97 Å². The number of aryl methyl sites for hydroxylation is 2. The number of hydrogen-bond donors (Lipinski definition) is 0. The predicted octanol–water partition coefficient (Wildman–Crippen LogP) is 3.20. The average Bonchev–Trinajstić information content (AvgIpc) is 2.99. The Kier molecular flexibility index (Phi) is 5.16. The smallest absolute Gasteiger partial charge is 0.344 e. The van der Waals surface area contributed by atoms with E-state index in [1.54, 1.807) is 30.9 Å². The van der Waals surface area contributed by atoms with Crippen LogP contribution in [-0.2, 0) is 9.53 Å². The Bertz CT molecular complexity index is 729. The van der Waals surface area contributed by atoms with E-state index in [1.165, 1.54) is 0 Å². The van der Waals surface area contributed by atoms with Gasteiger partial charge in [0, 0.05) is 18.7 Å². The summed E-state index contributed by atoms with van der Waals surface area (Å²) in [7, 11) is 0. The number of likely N-dealkylation sites (tertiary alicyclic amines) is 1. The molecule has 2 heterocycles. The van der Waals surface area contributed by atoms with E-state index in [2.05, 4.69) is 5.16 Å². The fourth-order valence-electron chi connectivity index (χ4n) is 3.11. The van der Waals surface area contributed by atoms with Crippen molar-refractivity contribution in [1.82, 2.24) is 10.1 Å². The first-order valence-corrected chi connectivity index (χ1v) is 8.55. The molecule has 1 fully saturated rings. The second-order valence-corrected chi connectivity index (χ2v) is 6.28. The van der Waals surface area contributed by atoms with Crippen LogP contribution in [0.4, 0.5) is 0 Å². The molecule has 6 heteroatoms. The Labute approximate surface area is 146 Å². The lowest BCUT2D eigenvalue weighted by Crippen LogP contribution is -2.40. The van der Waals surface area contributed by atoms with Gasteiger partial charge in [0.2, 0.25) is 6.10 Å². The average molecular weight is 342 g/mol. The van der Waals surface area contributed by atoms with Gasteiger partial charge in [0.15, 0.2) is 0 Å². The minimum atomic E-state index is -0.958. The highest BCUT2D eigenvalue weighted by Crippen LogP contribution is 2.25. The third-order valence-electron chi connectivity index (χ3n) is 4.46. The second-order valence-electron chi connectivity index (χ2n) is 6.28. The van der Waals surface area contributed by atoms with Gasteiger partial charge < -0.3 is 14.2 Å². The maximum Gasteiger partial charge on any atom is 0.344 e. The van der Waals surface area contributed by atoms with Crippen LogP contribution in [0.3, 0.4) is 0 Å². The molecule has 0 saturated carbocycles. The molecule has 0 aliphatic carbocycles. The Morgan fingerprint density at radius 3 is 2.40 bits per heavy atom. The second kappa shape index (κ2) is 7.51. The highest BCUT2D eigenvalue weighted by Gasteiger charge is 2.32. The van der Waals surface area contributed by atoms with Gasteiger partial charge in [0.1, 0.15) is 11.3 Å². The van der Waals surface area contributed by atoms with E-state index in [0.29, 0.717) is 30.1 Å². The summed E-state index contributed by atoms with van der Waals surface area (Å²) < 4.78 is 10.7. The van der Waals surface area contributed by atoms with E-state index in [-0.39, 0.29) is 11.5 Å². The van der Waals surface area contributed by atoms with Gasteiger partial charge in [-0.25, -0.2) is 4.79 Å². The van der Waals surface area contributed by atoms with E-state index in [4.69, 9.17) is 9.26 Å². The van der Waals surface area contributed by atoms with Crippen LogP contribution >= 0.6 is 0 Å². The zero-order chi connectivity index (χ0) is 17.8. The molecule has 0 spiro atoms. The minimum absolute atomic E-state index is 0.175. The molecule has 0 bridgehead atoms. The molecule has 1 saturated heterocycles. The van der Waals surface area contributed by atoms with Crippen molar-refractivity contribution in [2.24, 2.45) is 0 Å². The first-order chi connectivity index (χ1) is 12.1. The van der Waals surface area contributed by atoms with Crippen molar-refractivity contribution in [1.29, 1.82) is 0 Å². The summed E-state index contributed by atoms with van der Waals surface area (Å²) in [6.45, 7) is 4.73. The third-order valence-corrected chi connectivity index (χ3v) is 4.46. The van der Waals surface area contributed by atoms with Gasteiger partial charge in [-0.3, -0.25) is 4.79 Å². The van der Waals surface area contributed by atoms with Gasteiger partial charge in [-0.15, -0.1) is 0 Å². The number of hydrogen-bond acceptors (Lipinski definition) is 5. The molecule has 1 unspecified atom stereocenters. The maximum atomic E-state index is 13.0. The number of rotatable bonds is 4.